The van der Waals surface area contributed by atoms with Crippen molar-refractivity contribution in [1.29, 1.82) is 0 Å². The van der Waals surface area contributed by atoms with Gasteiger partial charge in [0.1, 0.15) is 17.5 Å². The van der Waals surface area contributed by atoms with Gasteiger partial charge >= 0.3 is 0 Å². The van der Waals surface area contributed by atoms with Gasteiger partial charge in [-0.25, -0.2) is 0 Å². The molecule has 2 N–H and O–H groups in total. The highest BCUT2D eigenvalue weighted by Gasteiger charge is 2.44. The Balaban J connectivity index is 0.796. The summed E-state index contributed by atoms with van der Waals surface area (Å²) in [6.07, 6.45) is 8.86. The molecule has 0 bridgehead atoms. The van der Waals surface area contributed by atoms with Gasteiger partial charge < -0.3 is 14.7 Å². The fraction of sp³-hybridized carbons (Fsp3) is 0.348. The number of fused-ring (bicyclic) bond motifs is 1. The van der Waals surface area contributed by atoms with Crippen LogP contribution in [0.25, 0.3) is 11.6 Å². The summed E-state index contributed by atoms with van der Waals surface area (Å²) in [4.78, 5) is 56.3. The summed E-state index contributed by atoms with van der Waals surface area (Å²) >= 11 is 0. The molecule has 10 heteroatoms. The Morgan fingerprint density at radius 2 is 1.48 bits per heavy atom. The second-order valence-electron chi connectivity index (χ2n) is 15.5. The Morgan fingerprint density at radius 1 is 0.768 bits per heavy atom. The first-order valence-electron chi connectivity index (χ1n) is 19.9. The molecule has 3 aliphatic heterocycles. The Labute approximate surface area is 327 Å². The van der Waals surface area contributed by atoms with Gasteiger partial charge in [-0.15, -0.1) is 0 Å². The number of piperidine rings is 1. The molecule has 1 saturated carbocycles. The monoisotopic (exact) mass is 752 g/mol. The van der Waals surface area contributed by atoms with Crippen molar-refractivity contribution >= 4 is 41.0 Å². The van der Waals surface area contributed by atoms with Crippen LogP contribution < -0.4 is 15.0 Å². The highest BCUT2D eigenvalue weighted by atomic mass is 16.5. The summed E-state index contributed by atoms with van der Waals surface area (Å²) in [5.74, 6) is -0.0995. The molecule has 0 aromatic heterocycles. The molecule has 4 aromatic carbocycles. The number of nitrogens with zero attached hydrogens (tertiary/aromatic N) is 3. The van der Waals surface area contributed by atoms with Crippen molar-refractivity contribution in [3.8, 4) is 11.5 Å². The number of nitrogens with one attached hydrogen (secondary N) is 1. The van der Waals surface area contributed by atoms with Crippen LogP contribution in [0.3, 0.4) is 0 Å². The molecule has 4 aromatic rings. The third-order valence-electron chi connectivity index (χ3n) is 11.8. The number of amides is 4. The first-order valence-corrected chi connectivity index (χ1v) is 19.9. The lowest BCUT2D eigenvalue weighted by atomic mass is 9.87. The maximum Gasteiger partial charge on any atom is 0.262 e. The van der Waals surface area contributed by atoms with E-state index in [1.807, 2.05) is 24.3 Å². The predicted octanol–water partition coefficient (Wildman–Crippen LogP) is 6.73. The van der Waals surface area contributed by atoms with E-state index in [0.717, 1.165) is 93.1 Å². The van der Waals surface area contributed by atoms with Crippen molar-refractivity contribution in [3.63, 3.8) is 0 Å². The number of aromatic hydroxyl groups is 1. The van der Waals surface area contributed by atoms with Gasteiger partial charge in [0.2, 0.25) is 11.8 Å². The number of benzene rings is 4. The molecule has 3 heterocycles. The van der Waals surface area contributed by atoms with E-state index in [9.17, 15) is 24.3 Å². The van der Waals surface area contributed by atoms with Gasteiger partial charge in [-0.1, -0.05) is 60.7 Å². The molecule has 8 rings (SSSR count). The molecule has 2 saturated heterocycles. The average Bonchev–Trinajstić information content (AvgIpc) is 3.47. The SMILES string of the molecule is O=C1CCC(N2C(=O)c3ccc(N4CCN(CC5CCC(Oc6ccc(/C=C(/CCc7ccc(O)cc7)c7ccccc7)cc6)CC5)CC4)cc3C2=O)C(=O)N1. The number of carbonyl (C=O) groups excluding carboxylic acids is 4. The number of allylic oxidation sites excluding steroid dienone is 1. The maximum absolute atomic E-state index is 13.3. The molecule has 56 heavy (non-hydrogen) atoms. The highest BCUT2D eigenvalue weighted by molar-refractivity contribution is 6.23. The summed E-state index contributed by atoms with van der Waals surface area (Å²) in [5, 5.41) is 11.9. The number of phenolic OH excluding ortho intramolecular Hbond substituents is 1. The largest absolute Gasteiger partial charge is 0.508 e. The zero-order chi connectivity index (χ0) is 38.6. The topological polar surface area (TPSA) is 119 Å². The molecular formula is C46H48N4O6. The van der Waals surface area contributed by atoms with Crippen molar-refractivity contribution < 1.29 is 29.0 Å². The van der Waals surface area contributed by atoms with E-state index in [4.69, 9.17) is 4.74 Å². The molecule has 288 valence electrons. The smallest absolute Gasteiger partial charge is 0.262 e. The van der Waals surface area contributed by atoms with Gasteiger partial charge in [-0.05, 0) is 116 Å². The third-order valence-corrected chi connectivity index (χ3v) is 11.8. The molecule has 1 atom stereocenters. The first-order chi connectivity index (χ1) is 27.3. The zero-order valence-electron chi connectivity index (χ0n) is 31.6. The van der Waals surface area contributed by atoms with Crippen LogP contribution in [-0.4, -0.2) is 83.4 Å². The number of aryl methyl sites for hydroxylation is 1. The number of piperazine rings is 1. The average molecular weight is 753 g/mol. The van der Waals surface area contributed by atoms with E-state index in [0.29, 0.717) is 17.0 Å². The van der Waals surface area contributed by atoms with Crippen LogP contribution in [0.15, 0.2) is 97.1 Å². The summed E-state index contributed by atoms with van der Waals surface area (Å²) in [7, 11) is 0. The lowest BCUT2D eigenvalue weighted by molar-refractivity contribution is -0.136. The van der Waals surface area contributed by atoms with Gasteiger partial charge in [0.05, 0.1) is 17.2 Å². The van der Waals surface area contributed by atoms with E-state index in [2.05, 4.69) is 69.7 Å². The van der Waals surface area contributed by atoms with Crippen molar-refractivity contribution in [2.45, 2.75) is 63.5 Å². The zero-order valence-corrected chi connectivity index (χ0v) is 31.6. The molecule has 1 unspecified atom stereocenters. The molecule has 0 spiro atoms. The van der Waals surface area contributed by atoms with Crippen molar-refractivity contribution in [2.24, 2.45) is 5.92 Å². The number of imide groups is 2. The normalized spacial score (nSPS) is 21.9. The highest BCUT2D eigenvalue weighted by Crippen LogP contribution is 2.33. The summed E-state index contributed by atoms with van der Waals surface area (Å²) in [6.45, 7) is 4.56. The molecule has 0 radical (unpaired) electrons. The van der Waals surface area contributed by atoms with Crippen LogP contribution in [0.5, 0.6) is 11.5 Å². The molecule has 10 nitrogen and oxygen atoms in total. The van der Waals surface area contributed by atoms with Crippen LogP contribution >= 0.6 is 0 Å². The lowest BCUT2D eigenvalue weighted by Gasteiger charge is -2.39. The number of phenols is 1. The van der Waals surface area contributed by atoms with E-state index in [1.165, 1.54) is 16.7 Å². The quantitative estimate of drug-likeness (QED) is 0.128. The maximum atomic E-state index is 13.3. The number of rotatable bonds is 11. The number of anilines is 1. The minimum atomic E-state index is -0.961. The number of carbonyl (C=O) groups is 4. The van der Waals surface area contributed by atoms with E-state index in [-0.39, 0.29) is 30.6 Å². The fourth-order valence-corrected chi connectivity index (χ4v) is 8.57. The summed E-state index contributed by atoms with van der Waals surface area (Å²) in [6, 6.07) is 30.8. The van der Waals surface area contributed by atoms with Crippen molar-refractivity contribution in [3.05, 3.63) is 125 Å². The summed E-state index contributed by atoms with van der Waals surface area (Å²) in [5.41, 5.74) is 6.34. The van der Waals surface area contributed by atoms with Gasteiger partial charge in [0.25, 0.3) is 11.8 Å². The second kappa shape index (κ2) is 16.5. The van der Waals surface area contributed by atoms with Crippen LogP contribution in [0.4, 0.5) is 5.69 Å². The third kappa shape index (κ3) is 8.40. The molecule has 1 aliphatic carbocycles. The van der Waals surface area contributed by atoms with Crippen LogP contribution in [0, 0.1) is 5.92 Å². The Morgan fingerprint density at radius 3 is 2.20 bits per heavy atom. The van der Waals surface area contributed by atoms with Crippen LogP contribution in [0.1, 0.15) is 82.4 Å². The molecule has 4 aliphatic rings. The van der Waals surface area contributed by atoms with E-state index >= 15 is 0 Å². The number of ether oxygens (including phenoxy) is 1. The first kappa shape index (κ1) is 37.2. The molecular weight excluding hydrogens is 705 g/mol. The van der Waals surface area contributed by atoms with Gasteiger partial charge in [0, 0.05) is 44.8 Å². The standard InChI is InChI=1S/C46H48N4O6/c51-37-15-7-31(8-16-37)6-13-35(34-4-2-1-3-5-34)28-32-9-17-38(18-10-32)56-39-19-11-33(12-20-39)30-48-24-26-49(27-25-48)36-14-21-40-41(29-36)46(55)50(45(40)54)42-22-23-43(52)47-44(42)53/h1-5,7-10,14-18,21,28-29,33,39,42,51H,6,11-13,19-20,22-27,30H2,(H,47,52,53)/b35-28-. The van der Waals surface area contributed by atoms with Crippen molar-refractivity contribution in [1.82, 2.24) is 15.1 Å². The minimum Gasteiger partial charge on any atom is -0.508 e. The number of hydrogen-bond donors (Lipinski definition) is 2. The molecule has 4 amide bonds. The predicted molar refractivity (Wildman–Crippen MR) is 215 cm³/mol. The van der Waals surface area contributed by atoms with Gasteiger partial charge in [-0.3, -0.25) is 34.3 Å². The fourth-order valence-electron chi connectivity index (χ4n) is 8.57. The second-order valence-corrected chi connectivity index (χ2v) is 15.5. The van der Waals surface area contributed by atoms with Crippen molar-refractivity contribution in [2.75, 3.05) is 37.6 Å². The van der Waals surface area contributed by atoms with Crippen LogP contribution in [0.2, 0.25) is 0 Å². The Kier molecular flexibility index (Phi) is 11.0. The Hall–Kier alpha value is -5.74. The summed E-state index contributed by atoms with van der Waals surface area (Å²) < 4.78 is 6.47. The molecule has 3 fully saturated rings. The Bertz CT molecular complexity index is 2100. The van der Waals surface area contributed by atoms with Gasteiger partial charge in [-0.2, -0.15) is 0 Å². The lowest BCUT2D eigenvalue weighted by Crippen LogP contribution is -2.54. The van der Waals surface area contributed by atoms with E-state index in [1.54, 1.807) is 24.3 Å². The van der Waals surface area contributed by atoms with Crippen LogP contribution in [-0.2, 0) is 16.0 Å². The number of hydrogen-bond acceptors (Lipinski definition) is 8. The van der Waals surface area contributed by atoms with Gasteiger partial charge in [0.15, 0.2) is 0 Å². The minimum absolute atomic E-state index is 0.101. The van der Waals surface area contributed by atoms with E-state index < -0.39 is 23.8 Å².